The van der Waals surface area contributed by atoms with Crippen LogP contribution in [0.1, 0.15) is 35.5 Å². The van der Waals surface area contributed by atoms with Gasteiger partial charge in [-0.3, -0.25) is 4.79 Å². The standard InChI is InChI=1S/C16H22N4O3S/c1-10-8-15-17-11(2)14(12(3)20(15)19-10)4-5-16(21)18-13-6-7-24(22,23)9-13/h8,13H,4-7,9H2,1-3H3,(H,18,21). The fourth-order valence-corrected chi connectivity index (χ4v) is 4.92. The highest BCUT2D eigenvalue weighted by atomic mass is 32.2. The molecule has 24 heavy (non-hydrogen) atoms. The minimum atomic E-state index is -2.98. The molecule has 0 aromatic carbocycles. The number of fused-ring (bicyclic) bond motifs is 1. The number of amides is 1. The van der Waals surface area contributed by atoms with Crippen molar-refractivity contribution >= 4 is 21.4 Å². The van der Waals surface area contributed by atoms with Crippen LogP contribution in [0.4, 0.5) is 0 Å². The Morgan fingerprint density at radius 2 is 2.12 bits per heavy atom. The summed E-state index contributed by atoms with van der Waals surface area (Å²) in [5.41, 5.74) is 4.62. The third kappa shape index (κ3) is 3.43. The lowest BCUT2D eigenvalue weighted by molar-refractivity contribution is -0.121. The van der Waals surface area contributed by atoms with Crippen LogP contribution in [0.15, 0.2) is 6.07 Å². The number of aromatic nitrogens is 3. The van der Waals surface area contributed by atoms with E-state index in [0.29, 0.717) is 19.3 Å². The number of rotatable bonds is 4. The number of carbonyl (C=O) groups excluding carboxylic acids is 1. The van der Waals surface area contributed by atoms with Crippen LogP contribution in [0, 0.1) is 20.8 Å². The highest BCUT2D eigenvalue weighted by Gasteiger charge is 2.28. The van der Waals surface area contributed by atoms with Crippen molar-refractivity contribution in [2.24, 2.45) is 0 Å². The van der Waals surface area contributed by atoms with Crippen LogP contribution < -0.4 is 5.32 Å². The Morgan fingerprint density at radius 1 is 1.38 bits per heavy atom. The van der Waals surface area contributed by atoms with Crippen molar-refractivity contribution in [1.82, 2.24) is 19.9 Å². The summed E-state index contributed by atoms with van der Waals surface area (Å²) in [5, 5.41) is 7.25. The molecule has 1 aliphatic rings. The number of sulfone groups is 1. The summed E-state index contributed by atoms with van der Waals surface area (Å²) >= 11 is 0. The van der Waals surface area contributed by atoms with Crippen LogP contribution in [0.25, 0.3) is 5.65 Å². The second-order valence-corrected chi connectivity index (χ2v) is 8.71. The number of nitrogens with one attached hydrogen (secondary N) is 1. The van der Waals surface area contributed by atoms with Crippen LogP contribution in [-0.4, -0.2) is 46.5 Å². The lowest BCUT2D eigenvalue weighted by Gasteiger charge is -2.13. The van der Waals surface area contributed by atoms with E-state index in [2.05, 4.69) is 15.4 Å². The van der Waals surface area contributed by atoms with E-state index in [0.717, 1.165) is 28.3 Å². The van der Waals surface area contributed by atoms with E-state index in [1.54, 1.807) is 4.52 Å². The third-order valence-electron chi connectivity index (χ3n) is 4.49. The first kappa shape index (κ1) is 16.9. The van der Waals surface area contributed by atoms with E-state index in [1.165, 1.54) is 0 Å². The van der Waals surface area contributed by atoms with Gasteiger partial charge in [0.25, 0.3) is 0 Å². The van der Waals surface area contributed by atoms with Gasteiger partial charge in [0.15, 0.2) is 15.5 Å². The molecule has 0 aliphatic carbocycles. The van der Waals surface area contributed by atoms with Crippen molar-refractivity contribution in [2.75, 3.05) is 11.5 Å². The largest absolute Gasteiger partial charge is 0.352 e. The SMILES string of the molecule is Cc1cc2nc(C)c(CCC(=O)NC3CCS(=O)(=O)C3)c(C)n2n1. The molecule has 1 N–H and O–H groups in total. The van der Waals surface area contributed by atoms with Crippen LogP contribution >= 0.6 is 0 Å². The van der Waals surface area contributed by atoms with Crippen LogP contribution in [0.5, 0.6) is 0 Å². The lowest BCUT2D eigenvalue weighted by atomic mass is 10.1. The molecule has 0 bridgehead atoms. The highest BCUT2D eigenvalue weighted by molar-refractivity contribution is 7.91. The predicted molar refractivity (Wildman–Crippen MR) is 90.7 cm³/mol. The van der Waals surface area contributed by atoms with Crippen LogP contribution in [-0.2, 0) is 21.1 Å². The predicted octanol–water partition coefficient (Wildman–Crippen LogP) is 0.890. The van der Waals surface area contributed by atoms with Crippen molar-refractivity contribution in [3.8, 4) is 0 Å². The number of hydrogen-bond acceptors (Lipinski definition) is 5. The second-order valence-electron chi connectivity index (χ2n) is 6.48. The number of aryl methyl sites for hydroxylation is 3. The third-order valence-corrected chi connectivity index (χ3v) is 6.25. The van der Waals surface area contributed by atoms with Gasteiger partial charge in [0.2, 0.25) is 5.91 Å². The van der Waals surface area contributed by atoms with E-state index in [-0.39, 0.29) is 23.5 Å². The first-order chi connectivity index (χ1) is 11.2. The topological polar surface area (TPSA) is 93.4 Å². The van der Waals surface area contributed by atoms with Crippen LogP contribution in [0.2, 0.25) is 0 Å². The minimum absolute atomic E-state index is 0.0525. The first-order valence-electron chi connectivity index (χ1n) is 8.07. The maximum absolute atomic E-state index is 12.1. The molecule has 2 aromatic rings. The molecule has 0 saturated carbocycles. The van der Waals surface area contributed by atoms with Gasteiger partial charge in [-0.05, 0) is 39.2 Å². The molecule has 0 spiro atoms. The number of nitrogens with zero attached hydrogens (tertiary/aromatic N) is 3. The molecule has 0 radical (unpaired) electrons. The minimum Gasteiger partial charge on any atom is -0.352 e. The average Bonchev–Trinajstić information content (AvgIpc) is 3.00. The molecule has 3 heterocycles. The van der Waals surface area contributed by atoms with Gasteiger partial charge in [-0.2, -0.15) is 5.10 Å². The zero-order valence-electron chi connectivity index (χ0n) is 14.2. The molecule has 2 aromatic heterocycles. The van der Waals surface area contributed by atoms with Gasteiger partial charge in [-0.1, -0.05) is 0 Å². The molecule has 130 valence electrons. The Kier molecular flexibility index (Phi) is 4.33. The molecule has 1 saturated heterocycles. The van der Waals surface area contributed by atoms with Gasteiger partial charge in [0, 0.05) is 29.9 Å². The Hall–Kier alpha value is -1.96. The second kappa shape index (κ2) is 6.16. The normalized spacial score (nSPS) is 19.7. The van der Waals surface area contributed by atoms with E-state index in [4.69, 9.17) is 0 Å². The molecule has 1 amide bonds. The molecule has 8 heteroatoms. The smallest absolute Gasteiger partial charge is 0.220 e. The zero-order valence-corrected chi connectivity index (χ0v) is 15.0. The monoisotopic (exact) mass is 350 g/mol. The fourth-order valence-electron chi connectivity index (χ4n) is 3.25. The van der Waals surface area contributed by atoms with Gasteiger partial charge in [-0.25, -0.2) is 17.9 Å². The van der Waals surface area contributed by atoms with Gasteiger partial charge in [0.05, 0.1) is 17.2 Å². The van der Waals surface area contributed by atoms with Gasteiger partial charge in [-0.15, -0.1) is 0 Å². The molecular weight excluding hydrogens is 328 g/mol. The molecular formula is C16H22N4O3S. The van der Waals surface area contributed by atoms with Gasteiger partial charge < -0.3 is 5.32 Å². The Bertz CT molecular complexity index is 902. The summed E-state index contributed by atoms with van der Waals surface area (Å²) in [6.07, 6.45) is 1.38. The van der Waals surface area contributed by atoms with Crippen molar-refractivity contribution in [3.63, 3.8) is 0 Å². The summed E-state index contributed by atoms with van der Waals surface area (Å²) < 4.78 is 24.7. The average molecular weight is 350 g/mol. The van der Waals surface area contributed by atoms with Crippen molar-refractivity contribution in [3.05, 3.63) is 28.7 Å². The Morgan fingerprint density at radius 3 is 2.79 bits per heavy atom. The van der Waals surface area contributed by atoms with Crippen molar-refractivity contribution in [1.29, 1.82) is 0 Å². The maximum atomic E-state index is 12.1. The molecule has 3 rings (SSSR count). The van der Waals surface area contributed by atoms with Crippen LogP contribution in [0.3, 0.4) is 0 Å². The first-order valence-corrected chi connectivity index (χ1v) is 9.89. The summed E-state index contributed by atoms with van der Waals surface area (Å²) in [6, 6.07) is 1.68. The molecule has 7 nitrogen and oxygen atoms in total. The summed E-state index contributed by atoms with van der Waals surface area (Å²) in [5.74, 6) is 0.0966. The lowest BCUT2D eigenvalue weighted by Crippen LogP contribution is -2.35. The maximum Gasteiger partial charge on any atom is 0.220 e. The summed E-state index contributed by atoms with van der Waals surface area (Å²) in [7, 11) is -2.98. The molecule has 1 atom stereocenters. The van der Waals surface area contributed by atoms with E-state index >= 15 is 0 Å². The summed E-state index contributed by atoms with van der Waals surface area (Å²) in [4.78, 5) is 16.7. The van der Waals surface area contributed by atoms with Crippen molar-refractivity contribution in [2.45, 2.75) is 46.1 Å². The summed E-state index contributed by atoms with van der Waals surface area (Å²) in [6.45, 7) is 5.84. The highest BCUT2D eigenvalue weighted by Crippen LogP contribution is 2.17. The van der Waals surface area contributed by atoms with Crippen molar-refractivity contribution < 1.29 is 13.2 Å². The van der Waals surface area contributed by atoms with E-state index in [1.807, 2.05) is 26.8 Å². The Balaban J connectivity index is 1.68. The molecule has 1 unspecified atom stereocenters. The van der Waals surface area contributed by atoms with Gasteiger partial charge in [0.1, 0.15) is 0 Å². The number of hydrogen-bond donors (Lipinski definition) is 1. The number of carbonyl (C=O) groups is 1. The van der Waals surface area contributed by atoms with E-state index in [9.17, 15) is 13.2 Å². The van der Waals surface area contributed by atoms with Gasteiger partial charge >= 0.3 is 0 Å². The van der Waals surface area contributed by atoms with E-state index < -0.39 is 9.84 Å². The quantitative estimate of drug-likeness (QED) is 0.884. The molecule has 1 aliphatic heterocycles. The molecule has 1 fully saturated rings. The fraction of sp³-hybridized carbons (Fsp3) is 0.562. The Labute approximate surface area is 141 Å². The zero-order chi connectivity index (χ0) is 17.5.